The smallest absolute Gasteiger partial charge is 0.340 e. The van der Waals surface area contributed by atoms with E-state index in [-0.39, 0.29) is 0 Å². The molecule has 5 nitrogen and oxygen atoms in total. The van der Waals surface area contributed by atoms with Gasteiger partial charge in [0.1, 0.15) is 0 Å². The van der Waals surface area contributed by atoms with E-state index in [1.54, 1.807) is 0 Å². The fourth-order valence-electron chi connectivity index (χ4n) is 0.156. The van der Waals surface area contributed by atoms with Gasteiger partial charge in [-0.15, -0.1) is 0 Å². The van der Waals surface area contributed by atoms with Gasteiger partial charge in [0, 0.05) is 0 Å². The zero-order valence-corrected chi connectivity index (χ0v) is 4.88. The SMILES string of the molecule is [O]COCP(=O)(O)O. The normalized spacial score (nSPS) is 11.9. The average Bonchev–Trinajstić information content (AvgIpc) is 1.59. The standard InChI is InChI=1S/C2H6O5P/c3-1-7-2-8(4,5)6/h1-2H2,(H2,4,5,6). The van der Waals surface area contributed by atoms with Crippen molar-refractivity contribution < 1.29 is 24.2 Å². The van der Waals surface area contributed by atoms with Gasteiger partial charge in [0.2, 0.25) is 0 Å². The topological polar surface area (TPSA) is 86.7 Å². The van der Waals surface area contributed by atoms with Gasteiger partial charge < -0.3 is 14.5 Å². The molecule has 0 spiro atoms. The molecule has 0 aliphatic heterocycles. The van der Waals surface area contributed by atoms with Crippen LogP contribution in [-0.4, -0.2) is 22.9 Å². The van der Waals surface area contributed by atoms with Crippen molar-refractivity contribution in [1.29, 1.82) is 0 Å². The first-order valence-corrected chi connectivity index (χ1v) is 3.56. The van der Waals surface area contributed by atoms with Gasteiger partial charge in [-0.2, -0.15) is 0 Å². The van der Waals surface area contributed by atoms with E-state index >= 15 is 0 Å². The van der Waals surface area contributed by atoms with Gasteiger partial charge >= 0.3 is 7.60 Å². The minimum Gasteiger partial charge on any atom is -0.340 e. The van der Waals surface area contributed by atoms with Crippen LogP contribution in [0.25, 0.3) is 0 Å². The summed E-state index contributed by atoms with van der Waals surface area (Å²) in [5, 5.41) is 9.41. The summed E-state index contributed by atoms with van der Waals surface area (Å²) in [6, 6.07) is 0. The summed E-state index contributed by atoms with van der Waals surface area (Å²) in [5.41, 5.74) is 0. The molecule has 2 N–H and O–H groups in total. The van der Waals surface area contributed by atoms with Gasteiger partial charge in [-0.1, -0.05) is 0 Å². The van der Waals surface area contributed by atoms with Crippen LogP contribution < -0.4 is 0 Å². The molecular weight excluding hydrogens is 135 g/mol. The summed E-state index contributed by atoms with van der Waals surface area (Å²) in [5.74, 6) is 0. The molecule has 0 aliphatic rings. The predicted molar refractivity (Wildman–Crippen MR) is 23.5 cm³/mol. The van der Waals surface area contributed by atoms with E-state index < -0.39 is 20.7 Å². The molecule has 0 saturated carbocycles. The van der Waals surface area contributed by atoms with Gasteiger partial charge in [-0.3, -0.25) is 4.57 Å². The van der Waals surface area contributed by atoms with Crippen LogP contribution in [0.4, 0.5) is 0 Å². The van der Waals surface area contributed by atoms with Crippen molar-refractivity contribution in [1.82, 2.24) is 0 Å². The minimum absolute atomic E-state index is 0.781. The molecule has 0 unspecified atom stereocenters. The third-order valence-corrected chi connectivity index (χ3v) is 0.862. The molecule has 0 aromatic rings. The van der Waals surface area contributed by atoms with Crippen LogP contribution >= 0.6 is 7.60 Å². The second-order valence-corrected chi connectivity index (χ2v) is 2.70. The van der Waals surface area contributed by atoms with E-state index in [1.165, 1.54) is 0 Å². The highest BCUT2D eigenvalue weighted by atomic mass is 31.2. The summed E-state index contributed by atoms with van der Waals surface area (Å²) in [6.07, 6.45) is -0.781. The summed E-state index contributed by atoms with van der Waals surface area (Å²) in [6.45, 7) is -0.912. The molecule has 0 amide bonds. The lowest BCUT2D eigenvalue weighted by atomic mass is 11.4. The summed E-state index contributed by atoms with van der Waals surface area (Å²) >= 11 is 0. The Morgan fingerprint density at radius 3 is 2.12 bits per heavy atom. The predicted octanol–water partition coefficient (Wildman–Crippen LogP) is -0.474. The van der Waals surface area contributed by atoms with Crippen LogP contribution in [0, 0.1) is 0 Å². The van der Waals surface area contributed by atoms with Gasteiger partial charge in [-0.05, 0) is 0 Å². The molecule has 0 aromatic carbocycles. The third-order valence-electron chi connectivity index (χ3n) is 0.343. The maximum Gasteiger partial charge on any atom is 0.351 e. The highest BCUT2D eigenvalue weighted by Crippen LogP contribution is 2.33. The van der Waals surface area contributed by atoms with Crippen LogP contribution in [0.3, 0.4) is 0 Å². The molecule has 0 saturated heterocycles. The first-order valence-electron chi connectivity index (χ1n) is 1.76. The van der Waals surface area contributed by atoms with Gasteiger partial charge in [-0.25, -0.2) is 5.11 Å². The molecule has 0 aromatic heterocycles. The number of rotatable bonds is 3. The second-order valence-electron chi connectivity index (χ2n) is 1.12. The van der Waals surface area contributed by atoms with Gasteiger partial charge in [0.15, 0.2) is 13.1 Å². The minimum atomic E-state index is -4.10. The summed E-state index contributed by atoms with van der Waals surface area (Å²) < 4.78 is 13.7. The summed E-state index contributed by atoms with van der Waals surface area (Å²) in [4.78, 5) is 16.0. The van der Waals surface area contributed by atoms with Gasteiger partial charge in [0.25, 0.3) is 0 Å². The molecule has 49 valence electrons. The molecule has 0 bridgehead atoms. The van der Waals surface area contributed by atoms with E-state index in [4.69, 9.17) is 9.79 Å². The Kier molecular flexibility index (Phi) is 3.19. The van der Waals surface area contributed by atoms with Crippen molar-refractivity contribution in [3.8, 4) is 0 Å². The Hall–Kier alpha value is 0.0700. The fourth-order valence-corrected chi connectivity index (χ4v) is 0.469. The zero-order chi connectivity index (χ0) is 6.62. The quantitative estimate of drug-likeness (QED) is 0.410. The maximum absolute atomic E-state index is 9.82. The number of hydrogen-bond acceptors (Lipinski definition) is 2. The van der Waals surface area contributed by atoms with Crippen LogP contribution in [0.15, 0.2) is 0 Å². The van der Waals surface area contributed by atoms with Crippen molar-refractivity contribution in [3.05, 3.63) is 0 Å². The molecule has 0 rings (SSSR count). The Morgan fingerprint density at radius 1 is 1.50 bits per heavy atom. The maximum atomic E-state index is 9.82. The van der Waals surface area contributed by atoms with Crippen LogP contribution in [0.5, 0.6) is 0 Å². The first-order chi connectivity index (χ1) is 3.56. The Balaban J connectivity index is 3.26. The number of ether oxygens (including phenoxy) is 1. The third kappa shape index (κ3) is 6.07. The molecule has 6 heteroatoms. The van der Waals surface area contributed by atoms with E-state index in [0.29, 0.717) is 0 Å². The molecule has 0 atom stereocenters. The monoisotopic (exact) mass is 141 g/mol. The zero-order valence-electron chi connectivity index (χ0n) is 3.98. The highest BCUT2D eigenvalue weighted by molar-refractivity contribution is 7.51. The number of hydrogen-bond donors (Lipinski definition) is 2. The first kappa shape index (κ1) is 8.07. The van der Waals surface area contributed by atoms with Crippen molar-refractivity contribution in [3.63, 3.8) is 0 Å². The molecule has 0 aliphatic carbocycles. The fraction of sp³-hybridized carbons (Fsp3) is 1.00. The summed E-state index contributed by atoms with van der Waals surface area (Å²) in [7, 11) is -4.10. The lowest BCUT2D eigenvalue weighted by Crippen LogP contribution is -1.94. The average molecular weight is 141 g/mol. The van der Waals surface area contributed by atoms with Crippen LogP contribution in [0.2, 0.25) is 0 Å². The molecular formula is C2H6O5P. The second kappa shape index (κ2) is 3.17. The lowest BCUT2D eigenvalue weighted by Gasteiger charge is -1.99. The Labute approximate surface area is 46.1 Å². The van der Waals surface area contributed by atoms with E-state index in [9.17, 15) is 9.67 Å². The molecule has 0 heterocycles. The Bertz CT molecular complexity index is 94.6. The highest BCUT2D eigenvalue weighted by Gasteiger charge is 2.11. The van der Waals surface area contributed by atoms with E-state index in [0.717, 1.165) is 0 Å². The van der Waals surface area contributed by atoms with Crippen molar-refractivity contribution in [2.45, 2.75) is 0 Å². The molecule has 8 heavy (non-hydrogen) atoms. The molecule has 1 radical (unpaired) electrons. The van der Waals surface area contributed by atoms with Crippen LogP contribution in [0.1, 0.15) is 0 Å². The van der Waals surface area contributed by atoms with Crippen molar-refractivity contribution in [2.24, 2.45) is 0 Å². The largest absolute Gasteiger partial charge is 0.351 e. The van der Waals surface area contributed by atoms with Crippen molar-refractivity contribution >= 4 is 7.60 Å². The molecule has 0 fully saturated rings. The van der Waals surface area contributed by atoms with Crippen LogP contribution in [-0.2, 0) is 14.4 Å². The lowest BCUT2D eigenvalue weighted by molar-refractivity contribution is -0.0300. The van der Waals surface area contributed by atoms with E-state index in [2.05, 4.69) is 4.74 Å². The Morgan fingerprint density at radius 2 is 2.00 bits per heavy atom. The van der Waals surface area contributed by atoms with Crippen molar-refractivity contribution in [2.75, 3.05) is 13.1 Å². The van der Waals surface area contributed by atoms with E-state index in [1.807, 2.05) is 0 Å². The van der Waals surface area contributed by atoms with Gasteiger partial charge in [0.05, 0.1) is 0 Å².